The molecule has 20 heavy (non-hydrogen) atoms. The van der Waals surface area contributed by atoms with E-state index in [9.17, 15) is 14.7 Å². The van der Waals surface area contributed by atoms with Crippen molar-refractivity contribution in [3.8, 4) is 0 Å². The van der Waals surface area contributed by atoms with Crippen LogP contribution >= 0.6 is 0 Å². The van der Waals surface area contributed by atoms with E-state index in [1.807, 2.05) is 0 Å². The Morgan fingerprint density at radius 3 is 2.35 bits per heavy atom. The van der Waals surface area contributed by atoms with E-state index >= 15 is 0 Å². The zero-order valence-electron chi connectivity index (χ0n) is 11.0. The van der Waals surface area contributed by atoms with Gasteiger partial charge in [-0.15, -0.1) is 6.58 Å². The largest absolute Gasteiger partial charge is 0.480 e. The highest BCUT2D eigenvalue weighted by molar-refractivity contribution is 6.07. The van der Waals surface area contributed by atoms with Crippen LogP contribution in [-0.4, -0.2) is 16.9 Å². The highest BCUT2D eigenvalue weighted by atomic mass is 16.4. The number of furan rings is 1. The summed E-state index contributed by atoms with van der Waals surface area (Å²) >= 11 is 0. The molecule has 0 aliphatic rings. The molecule has 0 bridgehead atoms. The normalized spacial score (nSPS) is 13.4. The Labute approximate surface area is 116 Å². The molecule has 1 N–H and O–H groups in total. The van der Waals surface area contributed by atoms with Crippen molar-refractivity contribution in [1.29, 1.82) is 0 Å². The molecule has 0 unspecified atom stereocenters. The number of carbonyl (C=O) groups is 2. The first-order chi connectivity index (χ1) is 9.49. The van der Waals surface area contributed by atoms with Gasteiger partial charge in [0.15, 0.2) is 5.76 Å². The van der Waals surface area contributed by atoms with Crippen molar-refractivity contribution in [2.24, 2.45) is 0 Å². The number of rotatable bonds is 5. The summed E-state index contributed by atoms with van der Waals surface area (Å²) in [6.07, 6.45) is 2.81. The third-order valence-corrected chi connectivity index (χ3v) is 3.34. The number of carboxylic acids is 1. The Kier molecular flexibility index (Phi) is 3.57. The van der Waals surface area contributed by atoms with E-state index in [1.165, 1.54) is 12.3 Å². The molecule has 2 rings (SSSR count). The molecular weight excluding hydrogens is 256 g/mol. The van der Waals surface area contributed by atoms with Crippen LogP contribution in [0.15, 0.2) is 59.7 Å². The fourth-order valence-electron chi connectivity index (χ4n) is 1.85. The zero-order chi connectivity index (χ0) is 14.8. The van der Waals surface area contributed by atoms with Crippen LogP contribution in [-0.2, 0) is 10.2 Å². The standard InChI is InChI=1S/C16H14O4/c1-3-16(2,15(18)19)12-8-6-11(7-9-12)14(17)13-5-4-10-20-13/h3-10H,1H2,2H3,(H,18,19)/t16-/m0/s1. The lowest BCUT2D eigenvalue weighted by atomic mass is 9.82. The maximum Gasteiger partial charge on any atom is 0.317 e. The molecule has 0 fully saturated rings. The van der Waals surface area contributed by atoms with E-state index in [2.05, 4.69) is 6.58 Å². The summed E-state index contributed by atoms with van der Waals surface area (Å²) in [5.74, 6) is -0.975. The van der Waals surface area contributed by atoms with Gasteiger partial charge >= 0.3 is 5.97 Å². The second-order valence-corrected chi connectivity index (χ2v) is 4.60. The molecule has 1 atom stereocenters. The molecule has 1 aromatic carbocycles. The second kappa shape index (κ2) is 5.17. The summed E-state index contributed by atoms with van der Waals surface area (Å²) in [7, 11) is 0. The molecule has 0 aliphatic heterocycles. The summed E-state index contributed by atoms with van der Waals surface area (Å²) in [5, 5.41) is 9.26. The number of aliphatic carboxylic acids is 1. The predicted octanol–water partition coefficient (Wildman–Crippen LogP) is 3.04. The third-order valence-electron chi connectivity index (χ3n) is 3.34. The number of ketones is 1. The van der Waals surface area contributed by atoms with Gasteiger partial charge in [-0.1, -0.05) is 30.3 Å². The van der Waals surface area contributed by atoms with Gasteiger partial charge in [-0.05, 0) is 24.6 Å². The Balaban J connectivity index is 2.33. The highest BCUT2D eigenvalue weighted by Gasteiger charge is 2.31. The van der Waals surface area contributed by atoms with Gasteiger partial charge in [-0.25, -0.2) is 0 Å². The quantitative estimate of drug-likeness (QED) is 0.669. The minimum Gasteiger partial charge on any atom is -0.480 e. The van der Waals surface area contributed by atoms with E-state index in [-0.39, 0.29) is 11.5 Å². The van der Waals surface area contributed by atoms with E-state index < -0.39 is 11.4 Å². The molecule has 0 aliphatic carbocycles. The van der Waals surface area contributed by atoms with Gasteiger partial charge in [0.1, 0.15) is 5.41 Å². The summed E-state index contributed by atoms with van der Waals surface area (Å²) in [6.45, 7) is 5.13. The van der Waals surface area contributed by atoms with Gasteiger partial charge < -0.3 is 9.52 Å². The van der Waals surface area contributed by atoms with Gasteiger partial charge in [-0.3, -0.25) is 9.59 Å². The Hall–Kier alpha value is -2.62. The van der Waals surface area contributed by atoms with Crippen LogP contribution in [0.25, 0.3) is 0 Å². The maximum absolute atomic E-state index is 12.0. The van der Waals surface area contributed by atoms with Gasteiger partial charge in [0.2, 0.25) is 5.78 Å². The molecule has 0 saturated heterocycles. The Morgan fingerprint density at radius 1 is 1.25 bits per heavy atom. The van der Waals surface area contributed by atoms with Crippen molar-refractivity contribution in [2.75, 3.05) is 0 Å². The van der Waals surface area contributed by atoms with E-state index in [4.69, 9.17) is 4.42 Å². The lowest BCUT2D eigenvalue weighted by Gasteiger charge is -2.20. The van der Waals surface area contributed by atoms with Gasteiger partial charge in [0.25, 0.3) is 0 Å². The van der Waals surface area contributed by atoms with Crippen LogP contribution in [0.2, 0.25) is 0 Å². The molecule has 0 spiro atoms. The minimum absolute atomic E-state index is 0.239. The lowest BCUT2D eigenvalue weighted by Crippen LogP contribution is -2.29. The second-order valence-electron chi connectivity index (χ2n) is 4.60. The molecular formula is C16H14O4. The summed E-state index contributed by atoms with van der Waals surface area (Å²) in [5.41, 5.74) is -0.164. The van der Waals surface area contributed by atoms with Crippen LogP contribution in [0.1, 0.15) is 28.6 Å². The van der Waals surface area contributed by atoms with Crippen LogP contribution in [0.5, 0.6) is 0 Å². The molecule has 1 aromatic heterocycles. The number of benzene rings is 1. The first kappa shape index (κ1) is 13.8. The van der Waals surface area contributed by atoms with Crippen LogP contribution in [0.3, 0.4) is 0 Å². The number of hydrogen-bond acceptors (Lipinski definition) is 3. The molecule has 4 nitrogen and oxygen atoms in total. The van der Waals surface area contributed by atoms with Crippen molar-refractivity contribution in [3.63, 3.8) is 0 Å². The number of hydrogen-bond donors (Lipinski definition) is 1. The van der Waals surface area contributed by atoms with Crippen molar-refractivity contribution >= 4 is 11.8 Å². The fourth-order valence-corrected chi connectivity index (χ4v) is 1.85. The van der Waals surface area contributed by atoms with Crippen molar-refractivity contribution in [2.45, 2.75) is 12.3 Å². The monoisotopic (exact) mass is 270 g/mol. The van der Waals surface area contributed by atoms with Crippen molar-refractivity contribution in [1.82, 2.24) is 0 Å². The molecule has 1 heterocycles. The number of carbonyl (C=O) groups excluding carboxylic acids is 1. The minimum atomic E-state index is -1.17. The molecule has 0 radical (unpaired) electrons. The topological polar surface area (TPSA) is 67.5 Å². The smallest absolute Gasteiger partial charge is 0.317 e. The first-order valence-electron chi connectivity index (χ1n) is 6.05. The average Bonchev–Trinajstić information content (AvgIpc) is 2.99. The predicted molar refractivity (Wildman–Crippen MR) is 73.8 cm³/mol. The van der Waals surface area contributed by atoms with Crippen LogP contribution < -0.4 is 0 Å². The number of carboxylic acid groups (broad SMARTS) is 1. The van der Waals surface area contributed by atoms with E-state index in [0.717, 1.165) is 0 Å². The van der Waals surface area contributed by atoms with Crippen molar-refractivity contribution in [3.05, 3.63) is 72.2 Å². The van der Waals surface area contributed by atoms with Crippen LogP contribution in [0, 0.1) is 0 Å². The third kappa shape index (κ3) is 2.28. The molecule has 4 heteroatoms. The van der Waals surface area contributed by atoms with Crippen molar-refractivity contribution < 1.29 is 19.1 Å². The van der Waals surface area contributed by atoms with Gasteiger partial charge in [0.05, 0.1) is 6.26 Å². The summed E-state index contributed by atoms with van der Waals surface area (Å²) in [6, 6.07) is 9.63. The van der Waals surface area contributed by atoms with Crippen LogP contribution in [0.4, 0.5) is 0 Å². The van der Waals surface area contributed by atoms with E-state index in [0.29, 0.717) is 11.1 Å². The molecule has 102 valence electrons. The summed E-state index contributed by atoms with van der Waals surface area (Å²) in [4.78, 5) is 23.3. The maximum atomic E-state index is 12.0. The molecule has 2 aromatic rings. The summed E-state index contributed by atoms with van der Waals surface area (Å²) < 4.78 is 5.05. The Morgan fingerprint density at radius 2 is 1.90 bits per heavy atom. The molecule has 0 amide bonds. The SMILES string of the molecule is C=C[C@](C)(C(=O)O)c1ccc(C(=O)c2ccco2)cc1. The molecule has 0 saturated carbocycles. The highest BCUT2D eigenvalue weighted by Crippen LogP contribution is 2.26. The van der Waals surface area contributed by atoms with Gasteiger partial charge in [-0.2, -0.15) is 0 Å². The average molecular weight is 270 g/mol. The first-order valence-corrected chi connectivity index (χ1v) is 6.05. The lowest BCUT2D eigenvalue weighted by molar-refractivity contribution is -0.141. The van der Waals surface area contributed by atoms with E-state index in [1.54, 1.807) is 43.3 Å². The van der Waals surface area contributed by atoms with Gasteiger partial charge in [0, 0.05) is 5.56 Å². The Bertz CT molecular complexity index is 638. The zero-order valence-corrected chi connectivity index (χ0v) is 11.0. The fraction of sp³-hybridized carbons (Fsp3) is 0.125.